The fourth-order valence-electron chi connectivity index (χ4n) is 12.5. The molecule has 626 valence electrons. The zero-order valence-corrected chi connectivity index (χ0v) is 67.9. The monoisotopic (exact) mass is 1620 g/mol. The molecule has 2 aliphatic heterocycles. The van der Waals surface area contributed by atoms with Gasteiger partial charge in [-0.2, -0.15) is 0 Å². The van der Waals surface area contributed by atoms with E-state index in [0.717, 1.165) is 118 Å². The molecule has 0 bridgehead atoms. The van der Waals surface area contributed by atoms with Gasteiger partial charge in [0.15, 0.2) is 46.0 Å². The Morgan fingerprint density at radius 3 is 0.991 bits per heavy atom. The highest BCUT2D eigenvalue weighted by atomic mass is 16.8. The van der Waals surface area contributed by atoms with Gasteiger partial charge in [0.2, 0.25) is 13.6 Å². The molecule has 0 aliphatic carbocycles. The summed E-state index contributed by atoms with van der Waals surface area (Å²) in [6, 6.07) is 34.9. The Balaban J connectivity index is 0.000000216. The molecule has 2 heterocycles. The molecule has 0 saturated carbocycles. The largest absolute Gasteiger partial charge is 0.509 e. The summed E-state index contributed by atoms with van der Waals surface area (Å²) in [7, 11) is 5.62. The van der Waals surface area contributed by atoms with Crippen molar-refractivity contribution in [2.45, 2.75) is 179 Å². The van der Waals surface area contributed by atoms with Crippen molar-refractivity contribution in [2.24, 2.45) is 0 Å². The van der Waals surface area contributed by atoms with Crippen molar-refractivity contribution in [3.8, 4) is 46.0 Å². The van der Waals surface area contributed by atoms with E-state index in [1.54, 1.807) is 13.8 Å². The topological polar surface area (TPSA) is 389 Å². The van der Waals surface area contributed by atoms with Gasteiger partial charge in [-0.1, -0.05) is 155 Å². The first-order valence-corrected chi connectivity index (χ1v) is 37.6. The first-order valence-electron chi connectivity index (χ1n) is 37.6. The second-order valence-electron chi connectivity index (χ2n) is 26.8. The van der Waals surface area contributed by atoms with Crippen LogP contribution >= 0.6 is 0 Å². The lowest BCUT2D eigenvalue weighted by atomic mass is 10.0. The summed E-state index contributed by atoms with van der Waals surface area (Å²) in [6.07, 6.45) is 2.40. The van der Waals surface area contributed by atoms with E-state index in [-0.39, 0.29) is 115 Å². The maximum Gasteiger partial charge on any atom is 0.509 e. The Labute approximate surface area is 676 Å². The minimum absolute atomic E-state index is 0.00454. The van der Waals surface area contributed by atoms with Crippen molar-refractivity contribution in [3.63, 3.8) is 0 Å². The number of nitrogens with zero attached hydrogens (tertiary/aromatic N) is 4. The second-order valence-corrected chi connectivity index (χ2v) is 26.8. The molecule has 32 heteroatoms. The van der Waals surface area contributed by atoms with Gasteiger partial charge >= 0.3 is 24.6 Å². The Hall–Kier alpha value is -13.2. The van der Waals surface area contributed by atoms with Crippen molar-refractivity contribution in [1.29, 1.82) is 0 Å². The number of aryl methyl sites for hydroxylation is 8. The van der Waals surface area contributed by atoms with Gasteiger partial charge < -0.3 is 75.8 Å². The van der Waals surface area contributed by atoms with Crippen LogP contribution in [0.1, 0.15) is 175 Å². The SMILES string of the molecule is CCCc1ccc(C)cc1COC(=O)OC(C)c1cc2c(cc1[N+](=O)[O-])OCO2.CCCc1ccc(C)cc1COC(=O)OC(CC)c1cc(OC)c(OC)cc1[N+](=O)[O-].CCCc1ccc(C)cc1COC(=O)OCc1cc(OC)c(OC)cc1[N+](=O)[O-].CCCc1ccc(C)cc1COC(=O)OCc1cc2c(cc1[N+](=O)[O-])OCO2. The number of methoxy groups -OCH3 is 4. The number of rotatable bonds is 33. The molecule has 32 nitrogen and oxygen atoms in total. The van der Waals surface area contributed by atoms with E-state index < -0.39 is 56.5 Å². The molecular formula is C85H98N4O28. The molecule has 0 fully saturated rings. The number of ether oxygens (including phenoxy) is 16. The number of benzene rings is 8. The average molecular weight is 1620 g/mol. The zero-order chi connectivity index (χ0) is 85.4. The molecule has 117 heavy (non-hydrogen) atoms. The highest BCUT2D eigenvalue weighted by molar-refractivity contribution is 5.65. The Kier molecular flexibility index (Phi) is 35.1. The lowest BCUT2D eigenvalue weighted by molar-refractivity contribution is -0.386. The van der Waals surface area contributed by atoms with Crippen LogP contribution in [0.5, 0.6) is 46.0 Å². The lowest BCUT2D eigenvalue weighted by Gasteiger charge is -2.18. The summed E-state index contributed by atoms with van der Waals surface area (Å²) < 4.78 is 83.3. The van der Waals surface area contributed by atoms with E-state index in [1.165, 1.54) is 77.0 Å². The predicted octanol–water partition coefficient (Wildman–Crippen LogP) is 19.8. The van der Waals surface area contributed by atoms with Crippen molar-refractivity contribution in [3.05, 3.63) is 251 Å². The third kappa shape index (κ3) is 26.4. The Bertz CT molecular complexity index is 4810. The molecule has 0 aromatic heterocycles. The molecule has 8 aromatic carbocycles. The van der Waals surface area contributed by atoms with E-state index >= 15 is 0 Å². The average Bonchev–Trinajstić information content (AvgIpc) is 1.52. The summed E-state index contributed by atoms with van der Waals surface area (Å²) in [4.78, 5) is 91.9. The molecule has 0 amide bonds. The Morgan fingerprint density at radius 2 is 0.632 bits per heavy atom. The quantitative estimate of drug-likeness (QED) is 0.0159. The van der Waals surface area contributed by atoms with Gasteiger partial charge in [0, 0.05) is 0 Å². The molecule has 0 spiro atoms. The van der Waals surface area contributed by atoms with Gasteiger partial charge in [0.1, 0.15) is 51.8 Å². The van der Waals surface area contributed by atoms with Gasteiger partial charge in [-0.3, -0.25) is 40.5 Å². The number of nitro groups is 4. The summed E-state index contributed by atoms with van der Waals surface area (Å²) in [6.45, 7) is 19.2. The van der Waals surface area contributed by atoms with Crippen molar-refractivity contribution in [1.82, 2.24) is 0 Å². The number of fused-ring (bicyclic) bond motifs is 2. The number of hydrogen-bond acceptors (Lipinski definition) is 28. The molecule has 0 N–H and O–H groups in total. The fourth-order valence-corrected chi connectivity index (χ4v) is 12.5. The van der Waals surface area contributed by atoms with E-state index in [9.17, 15) is 59.6 Å². The highest BCUT2D eigenvalue weighted by Gasteiger charge is 2.32. The van der Waals surface area contributed by atoms with E-state index in [1.807, 2.05) is 100 Å². The number of hydrogen-bond donors (Lipinski definition) is 0. The van der Waals surface area contributed by atoms with Crippen LogP contribution in [-0.2, 0) is 103 Å². The van der Waals surface area contributed by atoms with Crippen LogP contribution in [0.4, 0.5) is 41.9 Å². The number of carbonyl (C=O) groups is 4. The smallest absolute Gasteiger partial charge is 0.493 e. The van der Waals surface area contributed by atoms with Crippen LogP contribution < -0.4 is 37.9 Å². The summed E-state index contributed by atoms with van der Waals surface area (Å²) >= 11 is 0. The molecule has 0 radical (unpaired) electrons. The minimum Gasteiger partial charge on any atom is -0.493 e. The van der Waals surface area contributed by atoms with Gasteiger partial charge in [-0.15, -0.1) is 0 Å². The van der Waals surface area contributed by atoms with Crippen LogP contribution in [0.2, 0.25) is 0 Å². The summed E-state index contributed by atoms with van der Waals surface area (Å²) in [5, 5.41) is 45.5. The first kappa shape index (κ1) is 91.0. The maximum absolute atomic E-state index is 12.4. The molecule has 8 aromatic rings. The maximum atomic E-state index is 12.4. The van der Waals surface area contributed by atoms with Crippen LogP contribution in [0.25, 0.3) is 0 Å². The number of nitro benzene ring substituents is 4. The standard InChI is InChI=1S/C23H29NO7.C21H23NO7.C21H25NO7.C20H21NO7/c1-6-8-16-10-9-15(3)11-17(16)14-30-23(25)31-20(7-2)18-12-21(28-4)22(29-5)13-19(18)24(26)27;1-4-5-15-7-6-13(2)8-16(15)11-26-21(23)29-14(3)17-9-19-20(28-12-27-19)10-18(17)22(24)25;1-5-6-15-8-7-14(2)9-16(15)12-28-21(23)29-13-17-10-19(26-3)20(27-4)11-18(17)22(24)25;1-3-4-14-6-5-13(2)7-15(14)10-25-20(22)26-11-16-8-18-19(28-12-27-18)9-17(16)21(23)24/h9-13,20H,6-8,14H2,1-5H3;6-10,14H,4-5,11-12H2,1-3H3;7-11H,5-6,12-13H2,1-4H3;5-9H,3-4,10-12H2,1-2H3. The van der Waals surface area contributed by atoms with Gasteiger partial charge in [0.25, 0.3) is 22.7 Å². The third-order valence-corrected chi connectivity index (χ3v) is 18.3. The molecule has 2 unspecified atom stereocenters. The molecule has 10 rings (SSSR count). The molecule has 2 atom stereocenters. The lowest BCUT2D eigenvalue weighted by Crippen LogP contribution is -2.14. The minimum atomic E-state index is -0.905. The third-order valence-electron chi connectivity index (χ3n) is 18.3. The Morgan fingerprint density at radius 1 is 0.342 bits per heavy atom. The zero-order valence-electron chi connectivity index (χ0n) is 67.9. The molecular weight excluding hydrogens is 1520 g/mol. The second kappa shape index (κ2) is 45.1. The van der Waals surface area contributed by atoms with Gasteiger partial charge in [-0.25, -0.2) is 19.2 Å². The van der Waals surface area contributed by atoms with Gasteiger partial charge in [-0.05, 0) is 135 Å². The van der Waals surface area contributed by atoms with E-state index in [0.29, 0.717) is 35.2 Å². The van der Waals surface area contributed by atoms with Crippen LogP contribution in [0, 0.1) is 68.2 Å². The number of carbonyl (C=O) groups excluding carboxylic acids is 4. The normalized spacial score (nSPS) is 11.7. The van der Waals surface area contributed by atoms with Crippen LogP contribution in [0.3, 0.4) is 0 Å². The van der Waals surface area contributed by atoms with Crippen molar-refractivity contribution >= 4 is 47.4 Å². The molecule has 0 saturated heterocycles. The summed E-state index contributed by atoms with van der Waals surface area (Å²) in [5.74, 6) is 2.38. The van der Waals surface area contributed by atoms with E-state index in [4.69, 9.17) is 75.8 Å². The van der Waals surface area contributed by atoms with Gasteiger partial charge in [0.05, 0.1) is 94.7 Å². The van der Waals surface area contributed by atoms with Crippen molar-refractivity contribution in [2.75, 3.05) is 42.0 Å². The summed E-state index contributed by atoms with van der Waals surface area (Å²) in [5.41, 5.74) is 12.3. The fraction of sp³-hybridized carbons (Fsp3) is 0.388. The van der Waals surface area contributed by atoms with Crippen molar-refractivity contribution < 1.29 is 115 Å². The van der Waals surface area contributed by atoms with E-state index in [2.05, 4.69) is 27.7 Å². The first-order chi connectivity index (χ1) is 56.1. The van der Waals surface area contributed by atoms with Crippen LogP contribution in [-0.4, -0.2) is 86.3 Å². The van der Waals surface area contributed by atoms with Crippen LogP contribution in [0.15, 0.2) is 121 Å². The predicted molar refractivity (Wildman–Crippen MR) is 425 cm³/mol. The highest BCUT2D eigenvalue weighted by Crippen LogP contribution is 2.43. The molecule has 2 aliphatic rings.